The summed E-state index contributed by atoms with van der Waals surface area (Å²) in [5.41, 5.74) is 1.26. The molecular weight excluding hydrogens is 228 g/mol. The number of ether oxygens (including phenoxy) is 1. The molecule has 1 atom stereocenters. The van der Waals surface area contributed by atoms with Gasteiger partial charge in [0.05, 0.1) is 7.11 Å². The average Bonchev–Trinajstić information content (AvgIpc) is 2.21. The Morgan fingerprint density at radius 2 is 2.08 bits per heavy atom. The van der Waals surface area contributed by atoms with E-state index in [1.807, 2.05) is 18.2 Å². The van der Waals surface area contributed by atoms with Gasteiger partial charge in [-0.2, -0.15) is 0 Å². The molecule has 0 aliphatic heterocycles. The molecule has 1 nitrogen and oxygen atoms in total. The van der Waals surface area contributed by atoms with Gasteiger partial charge in [-0.15, -0.1) is 6.58 Å². The molecule has 0 N–H and O–H groups in total. The van der Waals surface area contributed by atoms with Gasteiger partial charge in [-0.1, -0.05) is 34.1 Å². The van der Waals surface area contributed by atoms with Crippen LogP contribution in [0.3, 0.4) is 0 Å². The van der Waals surface area contributed by atoms with Crippen molar-refractivity contribution < 1.29 is 4.74 Å². The van der Waals surface area contributed by atoms with Crippen LogP contribution in [0.15, 0.2) is 36.9 Å². The maximum atomic E-state index is 5.08. The Morgan fingerprint density at radius 1 is 1.46 bits per heavy atom. The van der Waals surface area contributed by atoms with E-state index in [4.69, 9.17) is 4.74 Å². The normalized spacial score (nSPS) is 12.2. The van der Waals surface area contributed by atoms with Crippen molar-refractivity contribution in [1.82, 2.24) is 0 Å². The minimum absolute atomic E-state index is 0.380. The van der Waals surface area contributed by atoms with E-state index in [0.717, 1.165) is 11.1 Å². The van der Waals surface area contributed by atoms with E-state index < -0.39 is 0 Å². The van der Waals surface area contributed by atoms with Crippen molar-refractivity contribution >= 4 is 15.9 Å². The third-order valence-electron chi connectivity index (χ3n) is 1.99. The predicted octanol–water partition coefficient (Wildman–Crippen LogP) is 3.36. The molecule has 0 amide bonds. The Balaban J connectivity index is 2.83. The zero-order valence-electron chi connectivity index (χ0n) is 7.66. The van der Waals surface area contributed by atoms with Crippen LogP contribution < -0.4 is 4.74 Å². The van der Waals surface area contributed by atoms with Crippen molar-refractivity contribution in [2.75, 3.05) is 12.4 Å². The smallest absolute Gasteiger partial charge is 0.118 e. The summed E-state index contributed by atoms with van der Waals surface area (Å²) in [6.45, 7) is 3.79. The molecule has 0 aliphatic carbocycles. The Morgan fingerprint density at radius 3 is 2.46 bits per heavy atom. The fourth-order valence-corrected chi connectivity index (χ4v) is 1.78. The Labute approximate surface area is 87.5 Å². The molecule has 0 aliphatic rings. The highest BCUT2D eigenvalue weighted by Gasteiger charge is 2.04. The number of benzene rings is 1. The van der Waals surface area contributed by atoms with E-state index in [0.29, 0.717) is 5.92 Å². The number of alkyl halides is 1. The first kappa shape index (κ1) is 10.3. The molecule has 0 fully saturated rings. The zero-order chi connectivity index (χ0) is 9.68. The molecule has 0 radical (unpaired) electrons. The molecule has 0 saturated heterocycles. The third-order valence-corrected chi connectivity index (χ3v) is 2.69. The minimum atomic E-state index is 0.380. The van der Waals surface area contributed by atoms with Crippen LogP contribution in [0, 0.1) is 0 Å². The molecule has 0 spiro atoms. The standard InChI is InChI=1S/C11H13BrO/c1-3-9(8-12)10-4-6-11(13-2)7-5-10/h3-7,9H,1,8H2,2H3. The second-order valence-electron chi connectivity index (χ2n) is 2.77. The van der Waals surface area contributed by atoms with Gasteiger partial charge < -0.3 is 4.74 Å². The molecular formula is C11H13BrO. The van der Waals surface area contributed by atoms with Crippen LogP contribution in [0.4, 0.5) is 0 Å². The number of hydrogen-bond acceptors (Lipinski definition) is 1. The van der Waals surface area contributed by atoms with Gasteiger partial charge in [-0.05, 0) is 17.7 Å². The van der Waals surface area contributed by atoms with E-state index in [2.05, 4.69) is 34.6 Å². The summed E-state index contributed by atoms with van der Waals surface area (Å²) in [5.74, 6) is 1.27. The number of methoxy groups -OCH3 is 1. The monoisotopic (exact) mass is 240 g/mol. The first-order chi connectivity index (χ1) is 6.31. The maximum Gasteiger partial charge on any atom is 0.118 e. The van der Waals surface area contributed by atoms with Gasteiger partial charge in [0.15, 0.2) is 0 Å². The van der Waals surface area contributed by atoms with Crippen LogP contribution in [-0.2, 0) is 0 Å². The molecule has 1 rings (SSSR count). The van der Waals surface area contributed by atoms with Gasteiger partial charge in [0.25, 0.3) is 0 Å². The second-order valence-corrected chi connectivity index (χ2v) is 3.42. The lowest BCUT2D eigenvalue weighted by Gasteiger charge is -2.09. The molecule has 0 saturated carbocycles. The highest BCUT2D eigenvalue weighted by molar-refractivity contribution is 9.09. The van der Waals surface area contributed by atoms with E-state index in [1.165, 1.54) is 5.56 Å². The van der Waals surface area contributed by atoms with Gasteiger partial charge in [0, 0.05) is 11.2 Å². The third kappa shape index (κ3) is 2.59. The van der Waals surface area contributed by atoms with E-state index in [-0.39, 0.29) is 0 Å². The molecule has 0 bridgehead atoms. The number of halogens is 1. The summed E-state index contributed by atoms with van der Waals surface area (Å²) in [6.07, 6.45) is 1.94. The fraction of sp³-hybridized carbons (Fsp3) is 0.273. The van der Waals surface area contributed by atoms with Crippen molar-refractivity contribution in [3.05, 3.63) is 42.5 Å². The molecule has 0 heterocycles. The number of rotatable bonds is 4. The number of allylic oxidation sites excluding steroid dienone is 1. The average molecular weight is 241 g/mol. The van der Waals surface area contributed by atoms with E-state index >= 15 is 0 Å². The van der Waals surface area contributed by atoms with Crippen molar-refractivity contribution in [1.29, 1.82) is 0 Å². The lowest BCUT2D eigenvalue weighted by atomic mass is 10.0. The first-order valence-electron chi connectivity index (χ1n) is 4.14. The molecule has 13 heavy (non-hydrogen) atoms. The fourth-order valence-electron chi connectivity index (χ4n) is 1.14. The van der Waals surface area contributed by atoms with Gasteiger partial charge in [0.1, 0.15) is 5.75 Å². The number of hydrogen-bond donors (Lipinski definition) is 0. The first-order valence-corrected chi connectivity index (χ1v) is 5.26. The van der Waals surface area contributed by atoms with Crippen molar-refractivity contribution in [2.45, 2.75) is 5.92 Å². The van der Waals surface area contributed by atoms with Gasteiger partial charge in [0.2, 0.25) is 0 Å². The van der Waals surface area contributed by atoms with Crippen LogP contribution in [0.1, 0.15) is 11.5 Å². The summed E-state index contributed by atoms with van der Waals surface area (Å²) in [5, 5.41) is 0.906. The SMILES string of the molecule is C=CC(CBr)c1ccc(OC)cc1. The van der Waals surface area contributed by atoms with Crippen molar-refractivity contribution in [3.8, 4) is 5.75 Å². The molecule has 0 aromatic heterocycles. The largest absolute Gasteiger partial charge is 0.497 e. The van der Waals surface area contributed by atoms with Gasteiger partial charge in [-0.25, -0.2) is 0 Å². The lowest BCUT2D eigenvalue weighted by Crippen LogP contribution is -1.95. The van der Waals surface area contributed by atoms with Gasteiger partial charge in [-0.3, -0.25) is 0 Å². The highest BCUT2D eigenvalue weighted by Crippen LogP contribution is 2.21. The van der Waals surface area contributed by atoms with Crippen LogP contribution in [0.2, 0.25) is 0 Å². The Bertz CT molecular complexity index is 266. The quantitative estimate of drug-likeness (QED) is 0.580. The topological polar surface area (TPSA) is 9.23 Å². The molecule has 1 unspecified atom stereocenters. The minimum Gasteiger partial charge on any atom is -0.497 e. The lowest BCUT2D eigenvalue weighted by molar-refractivity contribution is 0.414. The Hall–Kier alpha value is -0.760. The Kier molecular flexibility index (Phi) is 4.03. The second kappa shape index (κ2) is 5.07. The predicted molar refractivity (Wildman–Crippen MR) is 59.7 cm³/mol. The van der Waals surface area contributed by atoms with E-state index in [9.17, 15) is 0 Å². The molecule has 1 aromatic carbocycles. The van der Waals surface area contributed by atoms with Crippen LogP contribution in [0.25, 0.3) is 0 Å². The van der Waals surface area contributed by atoms with Crippen LogP contribution >= 0.6 is 15.9 Å². The molecule has 2 heteroatoms. The zero-order valence-corrected chi connectivity index (χ0v) is 9.25. The van der Waals surface area contributed by atoms with Crippen molar-refractivity contribution in [2.24, 2.45) is 0 Å². The van der Waals surface area contributed by atoms with Crippen LogP contribution in [-0.4, -0.2) is 12.4 Å². The summed E-state index contributed by atoms with van der Waals surface area (Å²) >= 11 is 3.45. The summed E-state index contributed by atoms with van der Waals surface area (Å²) < 4.78 is 5.08. The van der Waals surface area contributed by atoms with Crippen LogP contribution in [0.5, 0.6) is 5.75 Å². The maximum absolute atomic E-state index is 5.08. The summed E-state index contributed by atoms with van der Waals surface area (Å²) in [6, 6.07) is 8.06. The van der Waals surface area contributed by atoms with Crippen molar-refractivity contribution in [3.63, 3.8) is 0 Å². The van der Waals surface area contributed by atoms with Gasteiger partial charge >= 0.3 is 0 Å². The van der Waals surface area contributed by atoms with E-state index in [1.54, 1.807) is 7.11 Å². The summed E-state index contributed by atoms with van der Waals surface area (Å²) in [7, 11) is 1.67. The highest BCUT2D eigenvalue weighted by atomic mass is 79.9. The molecule has 1 aromatic rings. The summed E-state index contributed by atoms with van der Waals surface area (Å²) in [4.78, 5) is 0. The molecule has 70 valence electrons.